The molecule has 106 valence electrons. The number of hydrogen-bond acceptors (Lipinski definition) is 2. The smallest absolute Gasteiger partial charge is 0.0285 e. The van der Waals surface area contributed by atoms with Crippen molar-refractivity contribution in [1.29, 1.82) is 0 Å². The molecule has 1 aromatic heterocycles. The second-order valence-electron chi connectivity index (χ2n) is 6.28. The van der Waals surface area contributed by atoms with Gasteiger partial charge in [0.25, 0.3) is 0 Å². The molecule has 2 saturated carbocycles. The molecule has 0 aromatic carbocycles. The molecule has 1 N–H and O–H groups in total. The zero-order valence-electron chi connectivity index (χ0n) is 11.5. The van der Waals surface area contributed by atoms with E-state index in [0.29, 0.717) is 0 Å². The average molecular weight is 342 g/mol. The van der Waals surface area contributed by atoms with Gasteiger partial charge < -0.3 is 5.32 Å². The lowest BCUT2D eigenvalue weighted by atomic mass is 9.85. The van der Waals surface area contributed by atoms with Gasteiger partial charge in [-0.25, -0.2) is 0 Å². The number of thiophene rings is 1. The van der Waals surface area contributed by atoms with Crippen molar-refractivity contribution in [1.82, 2.24) is 5.32 Å². The summed E-state index contributed by atoms with van der Waals surface area (Å²) in [6.45, 7) is 1.27. The quantitative estimate of drug-likeness (QED) is 0.743. The van der Waals surface area contributed by atoms with E-state index in [2.05, 4.69) is 32.7 Å². The predicted octanol–water partition coefficient (Wildman–Crippen LogP) is 5.00. The normalized spacial score (nSPS) is 28.3. The Labute approximate surface area is 129 Å². The number of hydrogen-bond donors (Lipinski definition) is 1. The standard InChI is InChI=1S/C16H24BrNS/c17-14-9-16(19-11-14)8-12-4-2-1-3-5-13(12)10-18-15-6-7-15/h9,11-13,15,18H,1-8,10H2. The number of nitrogens with one attached hydrogen (secondary N) is 1. The zero-order valence-corrected chi connectivity index (χ0v) is 13.9. The summed E-state index contributed by atoms with van der Waals surface area (Å²) in [6.07, 6.45) is 11.3. The number of rotatable bonds is 5. The van der Waals surface area contributed by atoms with Gasteiger partial charge in [0, 0.05) is 20.8 Å². The third kappa shape index (κ3) is 4.30. The molecule has 2 aliphatic rings. The topological polar surface area (TPSA) is 12.0 Å². The van der Waals surface area contributed by atoms with E-state index < -0.39 is 0 Å². The lowest BCUT2D eigenvalue weighted by Crippen LogP contribution is -2.30. The molecule has 0 saturated heterocycles. The van der Waals surface area contributed by atoms with Crippen LogP contribution in [0.1, 0.15) is 49.8 Å². The summed E-state index contributed by atoms with van der Waals surface area (Å²) in [6, 6.07) is 3.18. The van der Waals surface area contributed by atoms with Crippen molar-refractivity contribution in [2.75, 3.05) is 6.54 Å². The van der Waals surface area contributed by atoms with Crippen LogP contribution < -0.4 is 5.32 Å². The van der Waals surface area contributed by atoms with Crippen LogP contribution in [0.25, 0.3) is 0 Å². The van der Waals surface area contributed by atoms with Gasteiger partial charge in [-0.1, -0.05) is 19.3 Å². The molecule has 2 fully saturated rings. The van der Waals surface area contributed by atoms with E-state index in [4.69, 9.17) is 0 Å². The van der Waals surface area contributed by atoms with E-state index in [1.54, 1.807) is 4.88 Å². The van der Waals surface area contributed by atoms with Crippen LogP contribution in [0.15, 0.2) is 15.9 Å². The van der Waals surface area contributed by atoms with Gasteiger partial charge in [0.15, 0.2) is 0 Å². The first-order chi connectivity index (χ1) is 9.31. The average Bonchev–Trinajstić information content (AvgIpc) is 3.16. The molecule has 0 aliphatic heterocycles. The van der Waals surface area contributed by atoms with Crippen molar-refractivity contribution < 1.29 is 0 Å². The molecule has 2 aliphatic carbocycles. The summed E-state index contributed by atoms with van der Waals surface area (Å²) in [5, 5.41) is 5.99. The fraction of sp³-hybridized carbons (Fsp3) is 0.750. The fourth-order valence-electron chi connectivity index (χ4n) is 3.32. The van der Waals surface area contributed by atoms with Crippen LogP contribution in [0.3, 0.4) is 0 Å². The molecule has 2 unspecified atom stereocenters. The summed E-state index contributed by atoms with van der Waals surface area (Å²) < 4.78 is 1.26. The summed E-state index contributed by atoms with van der Waals surface area (Å²) in [4.78, 5) is 1.56. The van der Waals surface area contributed by atoms with E-state index in [9.17, 15) is 0 Å². The lowest BCUT2D eigenvalue weighted by Gasteiger charge is -2.25. The molecule has 3 rings (SSSR count). The Balaban J connectivity index is 1.59. The molecule has 0 amide bonds. The highest BCUT2D eigenvalue weighted by atomic mass is 79.9. The highest BCUT2D eigenvalue weighted by Gasteiger charge is 2.27. The summed E-state index contributed by atoms with van der Waals surface area (Å²) in [5.41, 5.74) is 0. The van der Waals surface area contributed by atoms with Gasteiger partial charge in [0.05, 0.1) is 0 Å². The Morgan fingerprint density at radius 3 is 2.58 bits per heavy atom. The van der Waals surface area contributed by atoms with Gasteiger partial charge in [-0.3, -0.25) is 0 Å². The van der Waals surface area contributed by atoms with Gasteiger partial charge in [0.2, 0.25) is 0 Å². The molecule has 1 aromatic rings. The predicted molar refractivity (Wildman–Crippen MR) is 86.8 cm³/mol. The van der Waals surface area contributed by atoms with Crippen molar-refractivity contribution in [2.24, 2.45) is 11.8 Å². The molecule has 0 bridgehead atoms. The van der Waals surface area contributed by atoms with Gasteiger partial charge >= 0.3 is 0 Å². The van der Waals surface area contributed by atoms with Crippen molar-refractivity contribution in [3.05, 3.63) is 20.8 Å². The fourth-order valence-corrected chi connectivity index (χ4v) is 4.87. The minimum atomic E-state index is 0.861. The largest absolute Gasteiger partial charge is 0.314 e. The SMILES string of the molecule is Brc1csc(CC2CCCCCC2CNC2CC2)c1. The Bertz CT molecular complexity index is 399. The van der Waals surface area contributed by atoms with Crippen molar-refractivity contribution in [3.63, 3.8) is 0 Å². The van der Waals surface area contributed by atoms with E-state index in [0.717, 1.165) is 17.9 Å². The van der Waals surface area contributed by atoms with Crippen LogP contribution in [-0.2, 0) is 6.42 Å². The first-order valence-electron chi connectivity index (χ1n) is 7.77. The van der Waals surface area contributed by atoms with Crippen LogP contribution >= 0.6 is 27.3 Å². The molecule has 1 nitrogen and oxygen atoms in total. The van der Waals surface area contributed by atoms with Gasteiger partial charge in [-0.15, -0.1) is 11.3 Å². The van der Waals surface area contributed by atoms with Crippen molar-refractivity contribution in [3.8, 4) is 0 Å². The van der Waals surface area contributed by atoms with Crippen LogP contribution in [0.2, 0.25) is 0 Å². The third-order valence-corrected chi connectivity index (χ3v) is 6.37. The molecular weight excluding hydrogens is 318 g/mol. The van der Waals surface area contributed by atoms with E-state index in [-0.39, 0.29) is 0 Å². The highest BCUT2D eigenvalue weighted by molar-refractivity contribution is 9.10. The minimum Gasteiger partial charge on any atom is -0.314 e. The summed E-state index contributed by atoms with van der Waals surface area (Å²) >= 11 is 5.51. The zero-order chi connectivity index (χ0) is 13.1. The highest BCUT2D eigenvalue weighted by Crippen LogP contribution is 2.34. The molecule has 3 heteroatoms. The van der Waals surface area contributed by atoms with Crippen LogP contribution in [0, 0.1) is 11.8 Å². The summed E-state index contributed by atoms with van der Waals surface area (Å²) in [5.74, 6) is 1.81. The second kappa shape index (κ2) is 6.73. The Morgan fingerprint density at radius 1 is 1.11 bits per heavy atom. The maximum atomic E-state index is 3.77. The Hall–Kier alpha value is 0.140. The van der Waals surface area contributed by atoms with Crippen LogP contribution in [-0.4, -0.2) is 12.6 Å². The second-order valence-corrected chi connectivity index (χ2v) is 8.19. The Kier molecular flexibility index (Phi) is 4.99. The van der Waals surface area contributed by atoms with Gasteiger partial charge in [-0.2, -0.15) is 0 Å². The monoisotopic (exact) mass is 341 g/mol. The molecule has 0 radical (unpaired) electrons. The minimum absolute atomic E-state index is 0.861. The Morgan fingerprint density at radius 2 is 1.89 bits per heavy atom. The molecule has 1 heterocycles. The van der Waals surface area contributed by atoms with Crippen LogP contribution in [0.4, 0.5) is 0 Å². The summed E-state index contributed by atoms with van der Waals surface area (Å²) in [7, 11) is 0. The molecule has 0 spiro atoms. The molecule has 19 heavy (non-hydrogen) atoms. The van der Waals surface area contributed by atoms with E-state index in [1.807, 2.05) is 11.3 Å². The van der Waals surface area contributed by atoms with Crippen LogP contribution in [0.5, 0.6) is 0 Å². The first kappa shape index (κ1) is 14.1. The molecule has 2 atom stereocenters. The number of halogens is 1. The van der Waals surface area contributed by atoms with Gasteiger partial charge in [-0.05, 0) is 72.5 Å². The van der Waals surface area contributed by atoms with E-state index in [1.165, 1.54) is 62.4 Å². The lowest BCUT2D eigenvalue weighted by molar-refractivity contribution is 0.298. The third-order valence-electron chi connectivity index (χ3n) is 4.65. The van der Waals surface area contributed by atoms with E-state index >= 15 is 0 Å². The maximum Gasteiger partial charge on any atom is 0.0285 e. The van der Waals surface area contributed by atoms with Crippen molar-refractivity contribution in [2.45, 2.75) is 57.4 Å². The molecular formula is C16H24BrNS. The van der Waals surface area contributed by atoms with Gasteiger partial charge in [0.1, 0.15) is 0 Å². The maximum absolute atomic E-state index is 3.77. The first-order valence-corrected chi connectivity index (χ1v) is 9.45. The van der Waals surface area contributed by atoms with Crippen molar-refractivity contribution >= 4 is 27.3 Å².